The molecule has 108 valence electrons. The summed E-state index contributed by atoms with van der Waals surface area (Å²) < 4.78 is 22.1. The van der Waals surface area contributed by atoms with Crippen LogP contribution in [0.15, 0.2) is 30.3 Å². The molecule has 0 aliphatic carbocycles. The molecule has 1 rings (SSSR count). The Morgan fingerprint density at radius 1 is 1.11 bits per heavy atom. The van der Waals surface area contributed by atoms with E-state index < -0.39 is 9.84 Å². The van der Waals surface area contributed by atoms with Crippen LogP contribution in [-0.4, -0.2) is 27.0 Å². The molecular formula is C15H25NO2S. The molecule has 0 aliphatic heterocycles. The highest BCUT2D eigenvalue weighted by Crippen LogP contribution is 2.19. The van der Waals surface area contributed by atoms with E-state index in [2.05, 4.69) is 36.5 Å². The van der Waals surface area contributed by atoms with Crippen molar-refractivity contribution in [1.82, 2.24) is 5.32 Å². The summed E-state index contributed by atoms with van der Waals surface area (Å²) in [7, 11) is -2.80. The maximum absolute atomic E-state index is 11.0. The first-order chi connectivity index (χ1) is 9.03. The smallest absolute Gasteiger partial charge is 0.147 e. The molecule has 0 radical (unpaired) electrons. The minimum Gasteiger partial charge on any atom is -0.310 e. The van der Waals surface area contributed by atoms with E-state index in [0.717, 1.165) is 32.2 Å². The van der Waals surface area contributed by atoms with Crippen molar-refractivity contribution < 1.29 is 8.42 Å². The van der Waals surface area contributed by atoms with Crippen molar-refractivity contribution in [3.8, 4) is 0 Å². The molecule has 1 N–H and O–H groups in total. The van der Waals surface area contributed by atoms with Gasteiger partial charge in [0.2, 0.25) is 0 Å². The molecule has 4 heteroatoms. The Hall–Kier alpha value is -0.870. The maximum Gasteiger partial charge on any atom is 0.147 e. The molecule has 0 spiro atoms. The third kappa shape index (κ3) is 7.33. The fourth-order valence-electron chi connectivity index (χ4n) is 2.21. The van der Waals surface area contributed by atoms with Crippen LogP contribution in [-0.2, 0) is 9.84 Å². The number of hydrogen-bond acceptors (Lipinski definition) is 3. The van der Waals surface area contributed by atoms with Gasteiger partial charge in [0.1, 0.15) is 9.84 Å². The Morgan fingerprint density at radius 3 is 2.37 bits per heavy atom. The molecular weight excluding hydrogens is 258 g/mol. The molecule has 1 atom stereocenters. The normalized spacial score (nSPS) is 13.4. The van der Waals surface area contributed by atoms with Crippen molar-refractivity contribution in [3.05, 3.63) is 35.9 Å². The number of benzene rings is 1. The maximum atomic E-state index is 11.0. The molecule has 0 amide bonds. The average molecular weight is 283 g/mol. The lowest BCUT2D eigenvalue weighted by atomic mass is 10.0. The summed E-state index contributed by atoms with van der Waals surface area (Å²) in [6.45, 7) is 3.06. The third-order valence-electron chi connectivity index (χ3n) is 3.16. The fraction of sp³-hybridized carbons (Fsp3) is 0.600. The lowest BCUT2D eigenvalue weighted by molar-refractivity contribution is 0.486. The van der Waals surface area contributed by atoms with Gasteiger partial charge in [-0.25, -0.2) is 8.42 Å². The number of hydrogen-bond donors (Lipinski definition) is 1. The monoisotopic (exact) mass is 283 g/mol. The second-order valence-electron chi connectivity index (χ2n) is 5.00. The van der Waals surface area contributed by atoms with Crippen molar-refractivity contribution in [2.75, 3.05) is 18.6 Å². The number of unbranched alkanes of at least 4 members (excludes halogenated alkanes) is 2. The highest BCUT2D eigenvalue weighted by atomic mass is 32.2. The summed E-state index contributed by atoms with van der Waals surface area (Å²) in [5, 5.41) is 3.49. The molecule has 3 nitrogen and oxygen atoms in total. The van der Waals surface area contributed by atoms with Crippen molar-refractivity contribution in [2.24, 2.45) is 0 Å². The SMILES string of the molecule is CCNC(CCCCCS(C)(=O)=O)c1ccccc1. The van der Waals surface area contributed by atoms with Crippen LogP contribution in [0.1, 0.15) is 44.2 Å². The minimum absolute atomic E-state index is 0.310. The zero-order chi connectivity index (χ0) is 14.1. The lowest BCUT2D eigenvalue weighted by Gasteiger charge is -2.18. The average Bonchev–Trinajstić information content (AvgIpc) is 2.37. The van der Waals surface area contributed by atoms with Gasteiger partial charge in [-0.1, -0.05) is 50.1 Å². The highest BCUT2D eigenvalue weighted by molar-refractivity contribution is 7.90. The van der Waals surface area contributed by atoms with E-state index in [4.69, 9.17) is 0 Å². The van der Waals surface area contributed by atoms with Gasteiger partial charge in [-0.05, 0) is 24.9 Å². The molecule has 1 aromatic carbocycles. The largest absolute Gasteiger partial charge is 0.310 e. The van der Waals surface area contributed by atoms with E-state index in [-0.39, 0.29) is 0 Å². The molecule has 0 aliphatic rings. The molecule has 0 heterocycles. The van der Waals surface area contributed by atoms with Crippen LogP contribution in [0, 0.1) is 0 Å². The van der Waals surface area contributed by atoms with Gasteiger partial charge in [-0.2, -0.15) is 0 Å². The molecule has 1 aromatic rings. The standard InChI is InChI=1S/C15H25NO2S/c1-3-16-15(14-10-6-4-7-11-14)12-8-5-9-13-19(2,17)18/h4,6-7,10-11,15-16H,3,5,8-9,12-13H2,1-2H3. The van der Waals surface area contributed by atoms with Gasteiger partial charge in [0.05, 0.1) is 0 Å². The minimum atomic E-state index is -2.80. The first kappa shape index (κ1) is 16.2. The van der Waals surface area contributed by atoms with E-state index in [1.165, 1.54) is 11.8 Å². The van der Waals surface area contributed by atoms with Crippen molar-refractivity contribution in [2.45, 2.75) is 38.6 Å². The summed E-state index contributed by atoms with van der Waals surface area (Å²) in [4.78, 5) is 0. The molecule has 0 saturated heterocycles. The third-order valence-corrected chi connectivity index (χ3v) is 4.19. The van der Waals surface area contributed by atoms with Crippen molar-refractivity contribution >= 4 is 9.84 Å². The summed E-state index contributed by atoms with van der Waals surface area (Å²) in [5.41, 5.74) is 1.31. The highest BCUT2D eigenvalue weighted by Gasteiger charge is 2.09. The van der Waals surface area contributed by atoms with Crippen LogP contribution >= 0.6 is 0 Å². The molecule has 0 fully saturated rings. The molecule has 0 saturated carbocycles. The molecule has 19 heavy (non-hydrogen) atoms. The fourth-order valence-corrected chi connectivity index (χ4v) is 2.94. The zero-order valence-electron chi connectivity index (χ0n) is 11.9. The second-order valence-corrected chi connectivity index (χ2v) is 7.26. The van der Waals surface area contributed by atoms with E-state index >= 15 is 0 Å². The summed E-state index contributed by atoms with van der Waals surface area (Å²) in [5.74, 6) is 0.310. The topological polar surface area (TPSA) is 46.2 Å². The Balaban J connectivity index is 2.35. The van der Waals surface area contributed by atoms with Crippen LogP contribution in [0.3, 0.4) is 0 Å². The van der Waals surface area contributed by atoms with Crippen molar-refractivity contribution in [3.63, 3.8) is 0 Å². The predicted octanol–water partition coefficient (Wildman–Crippen LogP) is 2.94. The van der Waals surface area contributed by atoms with Gasteiger partial charge in [0, 0.05) is 18.1 Å². The first-order valence-corrected chi connectivity index (χ1v) is 9.05. The van der Waals surface area contributed by atoms with Crippen LogP contribution in [0.5, 0.6) is 0 Å². The van der Waals surface area contributed by atoms with E-state index in [1.807, 2.05) is 6.07 Å². The Labute approximate surface area is 117 Å². The van der Waals surface area contributed by atoms with Crippen molar-refractivity contribution in [1.29, 1.82) is 0 Å². The van der Waals surface area contributed by atoms with Crippen LogP contribution in [0.25, 0.3) is 0 Å². The Kier molecular flexibility index (Phi) is 7.10. The van der Waals surface area contributed by atoms with E-state index in [1.54, 1.807) is 0 Å². The van der Waals surface area contributed by atoms with Gasteiger partial charge in [0.15, 0.2) is 0 Å². The number of sulfone groups is 1. The van der Waals surface area contributed by atoms with Crippen LogP contribution < -0.4 is 5.32 Å². The van der Waals surface area contributed by atoms with E-state index in [0.29, 0.717) is 11.8 Å². The first-order valence-electron chi connectivity index (χ1n) is 6.99. The lowest BCUT2D eigenvalue weighted by Crippen LogP contribution is -2.20. The van der Waals surface area contributed by atoms with Gasteiger partial charge in [-0.3, -0.25) is 0 Å². The van der Waals surface area contributed by atoms with Gasteiger partial charge in [0.25, 0.3) is 0 Å². The predicted molar refractivity (Wildman–Crippen MR) is 81.0 cm³/mol. The molecule has 1 unspecified atom stereocenters. The molecule has 0 aromatic heterocycles. The quantitative estimate of drug-likeness (QED) is 0.709. The van der Waals surface area contributed by atoms with E-state index in [9.17, 15) is 8.42 Å². The van der Waals surface area contributed by atoms with Crippen LogP contribution in [0.4, 0.5) is 0 Å². The molecule has 0 bridgehead atoms. The zero-order valence-corrected chi connectivity index (χ0v) is 12.7. The number of rotatable bonds is 9. The summed E-state index contributed by atoms with van der Waals surface area (Å²) in [6, 6.07) is 10.8. The second kappa shape index (κ2) is 8.33. The Morgan fingerprint density at radius 2 is 1.79 bits per heavy atom. The van der Waals surface area contributed by atoms with Gasteiger partial charge >= 0.3 is 0 Å². The van der Waals surface area contributed by atoms with Gasteiger partial charge in [-0.15, -0.1) is 0 Å². The van der Waals surface area contributed by atoms with Crippen LogP contribution in [0.2, 0.25) is 0 Å². The van der Waals surface area contributed by atoms with Gasteiger partial charge < -0.3 is 5.32 Å². The summed E-state index contributed by atoms with van der Waals surface area (Å²) >= 11 is 0. The number of nitrogens with one attached hydrogen (secondary N) is 1. The summed E-state index contributed by atoms with van der Waals surface area (Å²) in [6.07, 6.45) is 5.16. The Bertz CT molecular complexity index is 442.